The fourth-order valence-electron chi connectivity index (χ4n) is 1.97. The molecule has 0 spiro atoms. The molecular formula is C16H16O5S. The maximum absolute atomic E-state index is 12.4. The van der Waals surface area contributed by atoms with Crippen LogP contribution in [-0.2, 0) is 11.2 Å². The molecule has 0 unspecified atom stereocenters. The molecule has 0 aliphatic heterocycles. The monoisotopic (exact) mass is 320 g/mol. The number of methoxy groups -OCH3 is 3. The first-order valence-electron chi connectivity index (χ1n) is 6.51. The lowest BCUT2D eigenvalue weighted by Gasteiger charge is -2.09. The van der Waals surface area contributed by atoms with Gasteiger partial charge in [0, 0.05) is 17.4 Å². The van der Waals surface area contributed by atoms with Crippen LogP contribution in [0.3, 0.4) is 0 Å². The number of ether oxygens (including phenoxy) is 3. The van der Waals surface area contributed by atoms with Gasteiger partial charge in [0.15, 0.2) is 5.78 Å². The van der Waals surface area contributed by atoms with Gasteiger partial charge in [-0.3, -0.25) is 4.79 Å². The lowest BCUT2D eigenvalue weighted by atomic mass is 10.1. The Kier molecular flexibility index (Phi) is 5.16. The highest BCUT2D eigenvalue weighted by molar-refractivity contribution is 7.14. The summed E-state index contributed by atoms with van der Waals surface area (Å²) in [6, 6.07) is 8.47. The number of esters is 1. The third kappa shape index (κ3) is 3.46. The fraction of sp³-hybridized carbons (Fsp3) is 0.250. The molecule has 0 fully saturated rings. The van der Waals surface area contributed by atoms with Crippen LogP contribution in [0.25, 0.3) is 0 Å². The summed E-state index contributed by atoms with van der Waals surface area (Å²) in [7, 11) is 4.39. The summed E-state index contributed by atoms with van der Waals surface area (Å²) in [5.41, 5.74) is 0.483. The Bertz CT molecular complexity index is 690. The minimum absolute atomic E-state index is 0.0854. The lowest BCUT2D eigenvalue weighted by molar-refractivity contribution is 0.0606. The molecule has 1 heterocycles. The third-order valence-corrected chi connectivity index (χ3v) is 4.16. The first-order valence-corrected chi connectivity index (χ1v) is 7.33. The normalized spacial score (nSPS) is 10.1. The molecule has 0 saturated carbocycles. The molecule has 0 saturated heterocycles. The van der Waals surface area contributed by atoms with Crippen molar-refractivity contribution in [2.75, 3.05) is 21.3 Å². The van der Waals surface area contributed by atoms with Crippen LogP contribution in [0.2, 0.25) is 0 Å². The van der Waals surface area contributed by atoms with Gasteiger partial charge in [-0.1, -0.05) is 0 Å². The number of benzene rings is 1. The Morgan fingerprint density at radius 2 is 1.82 bits per heavy atom. The molecule has 0 aliphatic rings. The molecule has 0 N–H and O–H groups in total. The predicted molar refractivity (Wildman–Crippen MR) is 83.2 cm³/mol. The summed E-state index contributed by atoms with van der Waals surface area (Å²) in [5.74, 6) is 0.607. The van der Waals surface area contributed by atoms with Crippen molar-refractivity contribution in [1.29, 1.82) is 0 Å². The highest BCUT2D eigenvalue weighted by Gasteiger charge is 2.16. The van der Waals surface area contributed by atoms with Gasteiger partial charge in [0.2, 0.25) is 0 Å². The van der Waals surface area contributed by atoms with E-state index >= 15 is 0 Å². The Morgan fingerprint density at radius 1 is 1.05 bits per heavy atom. The van der Waals surface area contributed by atoms with E-state index in [0.717, 1.165) is 4.88 Å². The molecule has 1 aromatic heterocycles. The molecule has 0 amide bonds. The van der Waals surface area contributed by atoms with Crippen molar-refractivity contribution < 1.29 is 23.8 Å². The van der Waals surface area contributed by atoms with E-state index in [1.165, 1.54) is 25.6 Å². The summed E-state index contributed by atoms with van der Waals surface area (Å²) >= 11 is 1.25. The van der Waals surface area contributed by atoms with Crippen LogP contribution in [0.4, 0.5) is 0 Å². The molecule has 116 valence electrons. The highest BCUT2D eigenvalue weighted by Crippen LogP contribution is 2.27. The largest absolute Gasteiger partial charge is 0.497 e. The van der Waals surface area contributed by atoms with E-state index in [9.17, 15) is 9.59 Å². The van der Waals surface area contributed by atoms with Gasteiger partial charge in [-0.05, 0) is 24.3 Å². The van der Waals surface area contributed by atoms with Gasteiger partial charge in [0.25, 0.3) is 0 Å². The van der Waals surface area contributed by atoms with Crippen molar-refractivity contribution in [2.24, 2.45) is 0 Å². The van der Waals surface area contributed by atoms with Crippen LogP contribution in [0.1, 0.15) is 24.9 Å². The zero-order valence-corrected chi connectivity index (χ0v) is 13.4. The first-order chi connectivity index (χ1) is 10.6. The second-order valence-electron chi connectivity index (χ2n) is 4.42. The molecule has 0 aliphatic carbocycles. The lowest BCUT2D eigenvalue weighted by Crippen LogP contribution is -2.05. The van der Waals surface area contributed by atoms with Gasteiger partial charge in [-0.15, -0.1) is 11.3 Å². The molecule has 2 aromatic rings. The fourth-order valence-corrected chi connectivity index (χ4v) is 2.89. The molecule has 2 rings (SSSR count). The number of ketones is 1. The number of rotatable bonds is 6. The van der Waals surface area contributed by atoms with E-state index in [1.807, 2.05) is 0 Å². The smallest absolute Gasteiger partial charge is 0.348 e. The Balaban J connectivity index is 2.18. The molecular weight excluding hydrogens is 304 g/mol. The molecule has 6 heteroatoms. The summed E-state index contributed by atoms with van der Waals surface area (Å²) in [6.45, 7) is 0. The molecule has 1 aromatic carbocycles. The van der Waals surface area contributed by atoms with E-state index in [0.29, 0.717) is 21.9 Å². The molecule has 0 radical (unpaired) electrons. The van der Waals surface area contributed by atoms with Crippen LogP contribution < -0.4 is 9.47 Å². The van der Waals surface area contributed by atoms with Gasteiger partial charge in [0.05, 0.1) is 26.9 Å². The van der Waals surface area contributed by atoms with Crippen molar-refractivity contribution in [1.82, 2.24) is 0 Å². The average molecular weight is 320 g/mol. The number of hydrogen-bond donors (Lipinski definition) is 0. The Hall–Kier alpha value is -2.34. The van der Waals surface area contributed by atoms with Crippen molar-refractivity contribution in [3.63, 3.8) is 0 Å². The van der Waals surface area contributed by atoms with Crippen LogP contribution >= 0.6 is 11.3 Å². The summed E-state index contributed by atoms with van der Waals surface area (Å²) in [6.07, 6.45) is 0.199. The van der Waals surface area contributed by atoms with E-state index < -0.39 is 5.97 Å². The number of hydrogen-bond acceptors (Lipinski definition) is 6. The maximum Gasteiger partial charge on any atom is 0.348 e. The van der Waals surface area contributed by atoms with Gasteiger partial charge >= 0.3 is 5.97 Å². The van der Waals surface area contributed by atoms with Crippen LogP contribution in [0.5, 0.6) is 11.5 Å². The van der Waals surface area contributed by atoms with Crippen LogP contribution in [0.15, 0.2) is 30.3 Å². The standard InChI is InChI=1S/C16H16O5S/c1-19-10-4-6-12(14(8-10)20-2)13(17)9-11-5-7-15(22-11)16(18)21-3/h4-8H,9H2,1-3H3. The number of carbonyl (C=O) groups is 2. The van der Waals surface area contributed by atoms with Gasteiger partial charge < -0.3 is 14.2 Å². The van der Waals surface area contributed by atoms with Gasteiger partial charge in [0.1, 0.15) is 16.4 Å². The van der Waals surface area contributed by atoms with Gasteiger partial charge in [-0.25, -0.2) is 4.79 Å². The number of thiophene rings is 1. The predicted octanol–water partition coefficient (Wildman–Crippen LogP) is 2.98. The Labute approximate surface area is 132 Å². The van der Waals surface area contributed by atoms with E-state index in [2.05, 4.69) is 4.74 Å². The number of Topliss-reactive ketones (excluding diaryl/α,β-unsaturated/α-hetero) is 1. The van der Waals surface area contributed by atoms with Crippen molar-refractivity contribution >= 4 is 23.1 Å². The van der Waals surface area contributed by atoms with Crippen molar-refractivity contribution in [3.8, 4) is 11.5 Å². The van der Waals surface area contributed by atoms with Crippen molar-refractivity contribution in [3.05, 3.63) is 45.6 Å². The average Bonchev–Trinajstić information content (AvgIpc) is 3.01. The van der Waals surface area contributed by atoms with Crippen molar-refractivity contribution in [2.45, 2.75) is 6.42 Å². The third-order valence-electron chi connectivity index (χ3n) is 3.09. The summed E-state index contributed by atoms with van der Waals surface area (Å²) in [4.78, 5) is 25.1. The zero-order chi connectivity index (χ0) is 16.1. The Morgan fingerprint density at radius 3 is 2.45 bits per heavy atom. The van der Waals surface area contributed by atoms with E-state index in [4.69, 9.17) is 9.47 Å². The quantitative estimate of drug-likeness (QED) is 0.605. The topological polar surface area (TPSA) is 61.8 Å². The zero-order valence-electron chi connectivity index (χ0n) is 12.5. The van der Waals surface area contributed by atoms with Gasteiger partial charge in [-0.2, -0.15) is 0 Å². The molecule has 5 nitrogen and oxygen atoms in total. The number of carbonyl (C=O) groups excluding carboxylic acids is 2. The van der Waals surface area contributed by atoms with E-state index in [1.54, 1.807) is 37.4 Å². The molecule has 0 bridgehead atoms. The highest BCUT2D eigenvalue weighted by atomic mass is 32.1. The summed E-state index contributed by atoms with van der Waals surface area (Å²) < 4.78 is 15.0. The minimum atomic E-state index is -0.397. The maximum atomic E-state index is 12.4. The summed E-state index contributed by atoms with van der Waals surface area (Å²) in [5, 5.41) is 0. The molecule has 0 atom stereocenters. The SMILES string of the molecule is COC(=O)c1ccc(CC(=O)c2ccc(OC)cc2OC)s1. The molecule has 22 heavy (non-hydrogen) atoms. The second kappa shape index (κ2) is 7.09. The second-order valence-corrected chi connectivity index (χ2v) is 5.59. The van der Waals surface area contributed by atoms with Crippen LogP contribution in [-0.4, -0.2) is 33.1 Å². The first kappa shape index (κ1) is 16.0. The minimum Gasteiger partial charge on any atom is -0.497 e. The van der Waals surface area contributed by atoms with Crippen LogP contribution in [0, 0.1) is 0 Å². The van der Waals surface area contributed by atoms with E-state index in [-0.39, 0.29) is 12.2 Å².